The van der Waals surface area contributed by atoms with Gasteiger partial charge in [-0.1, -0.05) is 50.2 Å². The number of amides is 3. The summed E-state index contributed by atoms with van der Waals surface area (Å²) in [4.78, 5) is 60.4. The van der Waals surface area contributed by atoms with Gasteiger partial charge in [0.05, 0.1) is 47.9 Å². The molecule has 58 heavy (non-hydrogen) atoms. The molecule has 13 nitrogen and oxygen atoms in total. The van der Waals surface area contributed by atoms with Gasteiger partial charge in [-0.25, -0.2) is 19.6 Å². The van der Waals surface area contributed by atoms with Crippen LogP contribution < -0.4 is 5.32 Å². The molecular weight excluding hydrogens is 735 g/mol. The zero-order valence-corrected chi connectivity index (χ0v) is 34.1. The minimum atomic E-state index is -0.682. The van der Waals surface area contributed by atoms with Crippen molar-refractivity contribution in [1.82, 2.24) is 35.1 Å². The van der Waals surface area contributed by atoms with Gasteiger partial charge in [0, 0.05) is 36.4 Å². The number of alkyl carbamates (subject to hydrolysis) is 1. The number of fused-ring (bicyclic) bond motifs is 7. The Morgan fingerprint density at radius 3 is 1.98 bits per heavy atom. The summed E-state index contributed by atoms with van der Waals surface area (Å²) in [5.74, 6) is 1.95. The molecule has 2 aromatic heterocycles. The lowest BCUT2D eigenvalue weighted by Gasteiger charge is -2.31. The Kier molecular flexibility index (Phi) is 9.33. The quantitative estimate of drug-likeness (QED) is 0.139. The van der Waals surface area contributed by atoms with Crippen LogP contribution in [0.25, 0.3) is 54.7 Å². The molecule has 3 fully saturated rings. The number of carbonyl (C=O) groups is 3. The first-order chi connectivity index (χ1) is 27.8. The molecule has 6 aromatic rings. The third-order valence-corrected chi connectivity index (χ3v) is 12.1. The number of aromatic amines is 2. The Morgan fingerprint density at radius 1 is 0.828 bits per heavy atom. The number of piperidine rings is 1. The van der Waals surface area contributed by atoms with E-state index >= 15 is 0 Å². The van der Waals surface area contributed by atoms with Crippen LogP contribution in [0.1, 0.15) is 77.6 Å². The van der Waals surface area contributed by atoms with Crippen LogP contribution in [-0.4, -0.2) is 92.9 Å². The number of hydrogen-bond acceptors (Lipinski definition) is 8. The lowest BCUT2D eigenvalue weighted by molar-refractivity contribution is -0.136. The smallest absolute Gasteiger partial charge is 0.410 e. The molecule has 302 valence electrons. The van der Waals surface area contributed by atoms with Crippen molar-refractivity contribution in [3.63, 3.8) is 0 Å². The Morgan fingerprint density at radius 2 is 1.43 bits per heavy atom. The number of hydrogen-bond donors (Lipinski definition) is 3. The Balaban J connectivity index is 0.991. The number of methoxy groups -OCH3 is 2. The first-order valence-corrected chi connectivity index (χ1v) is 20.3. The summed E-state index contributed by atoms with van der Waals surface area (Å²) in [6.45, 7) is 10.6. The number of nitrogens with one attached hydrogen (secondary N) is 3. The van der Waals surface area contributed by atoms with E-state index in [9.17, 15) is 14.4 Å². The zero-order chi connectivity index (χ0) is 40.6. The third-order valence-electron chi connectivity index (χ3n) is 12.1. The van der Waals surface area contributed by atoms with Gasteiger partial charge in [-0.2, -0.15) is 0 Å². The van der Waals surface area contributed by atoms with E-state index < -0.39 is 17.7 Å². The van der Waals surface area contributed by atoms with E-state index in [1.54, 1.807) is 12.0 Å². The van der Waals surface area contributed by atoms with Crippen LogP contribution in [-0.2, 0) is 19.0 Å². The van der Waals surface area contributed by atoms with Gasteiger partial charge >= 0.3 is 12.2 Å². The molecule has 0 radical (unpaired) electrons. The van der Waals surface area contributed by atoms with Crippen molar-refractivity contribution in [2.24, 2.45) is 17.8 Å². The first-order valence-electron chi connectivity index (χ1n) is 20.3. The predicted molar refractivity (Wildman–Crippen MR) is 222 cm³/mol. The summed E-state index contributed by atoms with van der Waals surface area (Å²) in [5, 5.41) is 6.96. The molecule has 0 bridgehead atoms. The normalized spacial score (nSPS) is 22.3. The van der Waals surface area contributed by atoms with Crippen LogP contribution in [0.4, 0.5) is 9.59 Å². The highest BCUT2D eigenvalue weighted by Crippen LogP contribution is 2.53. The molecule has 1 saturated carbocycles. The van der Waals surface area contributed by atoms with E-state index in [1.165, 1.54) is 7.11 Å². The highest BCUT2D eigenvalue weighted by atomic mass is 16.6. The lowest BCUT2D eigenvalue weighted by Crippen LogP contribution is -2.52. The number of nitrogens with zero attached hydrogens (tertiary/aromatic N) is 4. The van der Waals surface area contributed by atoms with Crippen LogP contribution in [0.15, 0.2) is 60.7 Å². The molecule has 2 saturated heterocycles. The molecule has 2 unspecified atom stereocenters. The van der Waals surface area contributed by atoms with Crippen molar-refractivity contribution < 1.29 is 28.6 Å². The molecule has 4 heterocycles. The number of aromatic nitrogens is 4. The summed E-state index contributed by atoms with van der Waals surface area (Å²) >= 11 is 0. The second kappa shape index (κ2) is 14.3. The number of rotatable bonds is 8. The maximum absolute atomic E-state index is 14.0. The second-order valence-corrected chi connectivity index (χ2v) is 17.7. The van der Waals surface area contributed by atoms with Crippen molar-refractivity contribution in [3.05, 3.63) is 72.3 Å². The van der Waals surface area contributed by atoms with Crippen LogP contribution in [0.3, 0.4) is 0 Å². The Labute approximate surface area is 336 Å². The van der Waals surface area contributed by atoms with Gasteiger partial charge in [0.2, 0.25) is 5.91 Å². The van der Waals surface area contributed by atoms with E-state index in [1.807, 2.05) is 39.5 Å². The van der Waals surface area contributed by atoms with Crippen LogP contribution in [0.2, 0.25) is 0 Å². The second-order valence-electron chi connectivity index (χ2n) is 17.7. The maximum Gasteiger partial charge on any atom is 0.410 e. The number of H-pyrrole nitrogens is 2. The van der Waals surface area contributed by atoms with E-state index in [-0.39, 0.29) is 42.0 Å². The fourth-order valence-corrected chi connectivity index (χ4v) is 9.26. The van der Waals surface area contributed by atoms with Gasteiger partial charge in [0.25, 0.3) is 0 Å². The maximum atomic E-state index is 14.0. The molecule has 6 atom stereocenters. The van der Waals surface area contributed by atoms with Crippen LogP contribution in [0.5, 0.6) is 0 Å². The fraction of sp³-hybridized carbons (Fsp3) is 0.444. The monoisotopic (exact) mass is 785 g/mol. The summed E-state index contributed by atoms with van der Waals surface area (Å²) in [6, 6.07) is 20.3. The van der Waals surface area contributed by atoms with Gasteiger partial charge in [0.1, 0.15) is 23.3 Å². The van der Waals surface area contributed by atoms with Gasteiger partial charge < -0.3 is 34.4 Å². The van der Waals surface area contributed by atoms with Crippen molar-refractivity contribution in [3.8, 4) is 11.1 Å². The largest absolute Gasteiger partial charge is 0.453 e. The van der Waals surface area contributed by atoms with Gasteiger partial charge in [-0.3, -0.25) is 9.69 Å². The summed E-state index contributed by atoms with van der Waals surface area (Å²) < 4.78 is 16.1. The average Bonchev–Trinajstić information content (AvgIpc) is 3.62. The molecule has 9 rings (SSSR count). The topological polar surface area (TPSA) is 155 Å². The lowest BCUT2D eigenvalue weighted by atomic mass is 9.98. The molecule has 2 aliphatic heterocycles. The Hall–Kier alpha value is -5.69. The number of likely N-dealkylation sites (tertiary alicyclic amines) is 2. The number of imidazole rings is 2. The van der Waals surface area contributed by atoms with E-state index in [0.29, 0.717) is 19.1 Å². The molecule has 13 heteroatoms. The van der Waals surface area contributed by atoms with Gasteiger partial charge in [-0.05, 0) is 98.0 Å². The van der Waals surface area contributed by atoms with Crippen molar-refractivity contribution in [2.45, 2.75) is 83.6 Å². The molecule has 0 spiro atoms. The van der Waals surface area contributed by atoms with Crippen molar-refractivity contribution in [1.29, 1.82) is 0 Å². The third kappa shape index (κ3) is 6.78. The molecule has 3 aliphatic rings. The molecule has 1 aliphatic carbocycles. The predicted octanol–water partition coefficient (Wildman–Crippen LogP) is 8.40. The highest BCUT2D eigenvalue weighted by Gasteiger charge is 2.56. The van der Waals surface area contributed by atoms with E-state index in [4.69, 9.17) is 24.2 Å². The van der Waals surface area contributed by atoms with Gasteiger partial charge in [-0.15, -0.1) is 0 Å². The number of carbonyl (C=O) groups excluding carboxylic acids is 3. The number of benzene rings is 4. The van der Waals surface area contributed by atoms with Gasteiger partial charge in [0.15, 0.2) is 0 Å². The van der Waals surface area contributed by atoms with Crippen molar-refractivity contribution >= 4 is 61.7 Å². The fourth-order valence-electron chi connectivity index (χ4n) is 9.26. The SMILES string of the molecule is COC[C@H]1C[C@@H](c2nc3c(ccc4cc(-c5ccc6c(ccc7[nH]c([C@@H]8CC9C[C@H]9N8C(=O)C(NC(=O)OC)C(C)C)nc76)c5)ccc43)[nH]2)N(C(=O)OC(C)(C)C)C1. The van der Waals surface area contributed by atoms with E-state index in [0.717, 1.165) is 85.6 Å². The highest BCUT2D eigenvalue weighted by molar-refractivity contribution is 6.07. The average molecular weight is 786 g/mol. The molecule has 3 N–H and O–H groups in total. The van der Waals surface area contributed by atoms with Crippen molar-refractivity contribution in [2.75, 3.05) is 27.4 Å². The van der Waals surface area contributed by atoms with Crippen LogP contribution >= 0.6 is 0 Å². The Bertz CT molecular complexity index is 2590. The molecule has 4 aromatic carbocycles. The minimum Gasteiger partial charge on any atom is -0.453 e. The first kappa shape index (κ1) is 37.9. The minimum absolute atomic E-state index is 0.0936. The molecule has 3 amide bonds. The zero-order valence-electron chi connectivity index (χ0n) is 34.1. The van der Waals surface area contributed by atoms with Crippen LogP contribution in [0, 0.1) is 17.8 Å². The summed E-state index contributed by atoms with van der Waals surface area (Å²) in [7, 11) is 3.00. The number of ether oxygens (including phenoxy) is 3. The standard InChI is InChI=1S/C45H51N7O6/c1-23(2)37(50-43(54)57-7)42(53)52-34-19-29(34)20-36(52)41-47-33-15-11-28-18-26(9-13-31(28)39(33)49-41)25-8-12-30-27(17-25)10-14-32-38(30)48-40(46-32)35-16-24(22-56-6)21-51(35)44(55)58-45(3,4)5/h8-15,17-18,23-24,29,34-37H,16,19-22H2,1-7H3,(H,46,48)(H,47,49)(H,50,54)/t24-,29?,34+,35-,36-,37?/m0/s1. The summed E-state index contributed by atoms with van der Waals surface area (Å²) in [6.07, 6.45) is 1.60. The molecular formula is C45H51N7O6. The van der Waals surface area contributed by atoms with E-state index in [2.05, 4.69) is 75.9 Å². The summed E-state index contributed by atoms with van der Waals surface area (Å²) in [5.41, 5.74) is 5.15.